The van der Waals surface area contributed by atoms with E-state index < -0.39 is 0 Å². The van der Waals surface area contributed by atoms with Crippen LogP contribution in [-0.2, 0) is 0 Å². The molecule has 0 aliphatic heterocycles. The molecule has 44 valence electrons. The van der Waals surface area contributed by atoms with E-state index >= 15 is 0 Å². The van der Waals surface area contributed by atoms with Gasteiger partial charge in [-0.3, -0.25) is 0 Å². The predicted molar refractivity (Wildman–Crippen MR) is 39.5 cm³/mol. The third-order valence-corrected chi connectivity index (χ3v) is 1.92. The molecule has 3 heteroatoms. The summed E-state index contributed by atoms with van der Waals surface area (Å²) in [6.45, 7) is 3.20. The smallest absolute Gasteiger partial charge is 0.0197 e. The molecule has 0 saturated heterocycles. The minimum atomic E-state index is 1.06. The fraction of sp³-hybridized carbons (Fsp3) is 1.00. The summed E-state index contributed by atoms with van der Waals surface area (Å²) >= 11 is 5.75. The van der Waals surface area contributed by atoms with Gasteiger partial charge in [0.2, 0.25) is 0 Å². The van der Waals surface area contributed by atoms with Gasteiger partial charge in [-0.25, -0.2) is 0 Å². The molecular weight excluding hydrogens is 126 g/mol. The van der Waals surface area contributed by atoms with Gasteiger partial charge >= 0.3 is 0 Å². The highest BCUT2D eigenvalue weighted by Crippen LogP contribution is 2.07. The van der Waals surface area contributed by atoms with Crippen molar-refractivity contribution < 1.29 is 0 Å². The third-order valence-electron chi connectivity index (χ3n) is 0.626. The fourth-order valence-corrected chi connectivity index (χ4v) is 0.848. The summed E-state index contributed by atoms with van der Waals surface area (Å²) < 4.78 is 1.92. The summed E-state index contributed by atoms with van der Waals surface area (Å²) in [5, 5.41) is 0. The predicted octanol–water partition coefficient (Wildman–Crippen LogP) is 1.82. The molecule has 0 saturated carbocycles. The summed E-state index contributed by atoms with van der Waals surface area (Å²) in [6, 6.07) is 0. The number of hydrogen-bond donors (Lipinski definition) is 1. The van der Waals surface area contributed by atoms with Gasteiger partial charge in [-0.05, 0) is 12.7 Å². The van der Waals surface area contributed by atoms with E-state index in [9.17, 15) is 0 Å². The Hall–Kier alpha value is 0.660. The molecule has 0 fully saturated rings. The van der Waals surface area contributed by atoms with Gasteiger partial charge in [0, 0.05) is 6.54 Å². The van der Waals surface area contributed by atoms with Gasteiger partial charge < -0.3 is 0 Å². The lowest BCUT2D eigenvalue weighted by Crippen LogP contribution is -2.00. The second kappa shape index (κ2) is 4.81. The van der Waals surface area contributed by atoms with Crippen LogP contribution in [0.2, 0.25) is 0 Å². The molecule has 0 aromatic heterocycles. The van der Waals surface area contributed by atoms with Crippen LogP contribution in [0.4, 0.5) is 0 Å². The molecule has 0 heterocycles. The summed E-state index contributed by atoms with van der Waals surface area (Å²) in [7, 11) is 0. The van der Waals surface area contributed by atoms with Crippen molar-refractivity contribution in [1.82, 2.24) is 3.71 Å². The van der Waals surface area contributed by atoms with Crippen LogP contribution >= 0.6 is 24.8 Å². The molecule has 0 radical (unpaired) electrons. The van der Waals surface area contributed by atoms with E-state index in [0.29, 0.717) is 0 Å². The third kappa shape index (κ3) is 4.51. The van der Waals surface area contributed by atoms with Crippen molar-refractivity contribution in [2.75, 3.05) is 12.8 Å². The first-order valence-corrected chi connectivity index (χ1v) is 3.90. The van der Waals surface area contributed by atoms with Crippen LogP contribution in [0.25, 0.3) is 0 Å². The van der Waals surface area contributed by atoms with Crippen LogP contribution in [0.1, 0.15) is 13.3 Å². The SMILES string of the molecule is CCCN(S)SC. The van der Waals surface area contributed by atoms with E-state index in [1.54, 1.807) is 11.9 Å². The molecule has 0 bridgehead atoms. The molecule has 0 spiro atoms. The Morgan fingerprint density at radius 3 is 2.43 bits per heavy atom. The number of thiol groups is 1. The molecule has 0 aliphatic carbocycles. The van der Waals surface area contributed by atoms with E-state index in [1.807, 2.05) is 9.97 Å². The highest BCUT2D eigenvalue weighted by Gasteiger charge is 1.88. The Morgan fingerprint density at radius 1 is 1.71 bits per heavy atom. The van der Waals surface area contributed by atoms with Crippen LogP contribution in [-0.4, -0.2) is 16.5 Å². The van der Waals surface area contributed by atoms with Gasteiger partial charge in [0.1, 0.15) is 0 Å². The van der Waals surface area contributed by atoms with Crippen molar-refractivity contribution >= 4 is 24.8 Å². The molecule has 7 heavy (non-hydrogen) atoms. The summed E-state index contributed by atoms with van der Waals surface area (Å²) in [4.78, 5) is 0. The molecule has 0 atom stereocenters. The lowest BCUT2D eigenvalue weighted by Gasteiger charge is -2.06. The van der Waals surface area contributed by atoms with E-state index in [-0.39, 0.29) is 0 Å². The van der Waals surface area contributed by atoms with Crippen molar-refractivity contribution in [1.29, 1.82) is 0 Å². The van der Waals surface area contributed by atoms with Gasteiger partial charge in [-0.1, -0.05) is 31.7 Å². The van der Waals surface area contributed by atoms with E-state index in [0.717, 1.165) is 6.54 Å². The monoisotopic (exact) mass is 137 g/mol. The fourth-order valence-electron chi connectivity index (χ4n) is 0.283. The molecule has 0 amide bonds. The Kier molecular flexibility index (Phi) is 5.26. The van der Waals surface area contributed by atoms with E-state index in [2.05, 4.69) is 19.7 Å². The highest BCUT2D eigenvalue weighted by molar-refractivity contribution is 8.04. The average Bonchev–Trinajstić information content (AvgIpc) is 1.68. The molecular formula is C4H11NS2. The number of hydrogen-bond acceptors (Lipinski definition) is 3. The van der Waals surface area contributed by atoms with Crippen LogP contribution < -0.4 is 0 Å². The van der Waals surface area contributed by atoms with Crippen LogP contribution in [0.5, 0.6) is 0 Å². The Labute approximate surface area is 55.1 Å². The zero-order valence-corrected chi connectivity index (χ0v) is 6.43. The molecule has 0 unspecified atom stereocenters. The van der Waals surface area contributed by atoms with Gasteiger partial charge in [0.05, 0.1) is 0 Å². The standard InChI is InChI=1S/C4H11NS2/c1-3-4-5(6)7-2/h6H,3-4H2,1-2H3. The maximum absolute atomic E-state index is 4.11. The number of rotatable bonds is 3. The first kappa shape index (κ1) is 7.66. The average molecular weight is 137 g/mol. The lowest BCUT2D eigenvalue weighted by molar-refractivity contribution is 0.718. The quantitative estimate of drug-likeness (QED) is 0.467. The Bertz CT molecular complexity index is 40.7. The first-order valence-electron chi connectivity index (χ1n) is 2.31. The molecule has 0 aliphatic rings. The maximum atomic E-state index is 4.11. The zero-order chi connectivity index (χ0) is 5.70. The highest BCUT2D eigenvalue weighted by atomic mass is 32.2. The minimum Gasteiger partial charge on any atom is -0.197 e. The van der Waals surface area contributed by atoms with Crippen molar-refractivity contribution in [2.24, 2.45) is 0 Å². The second-order valence-electron chi connectivity index (χ2n) is 1.26. The van der Waals surface area contributed by atoms with Crippen molar-refractivity contribution in [2.45, 2.75) is 13.3 Å². The summed E-state index contributed by atoms with van der Waals surface area (Å²) in [5.74, 6) is 0. The Balaban J connectivity index is 2.83. The van der Waals surface area contributed by atoms with Gasteiger partial charge in [-0.15, -0.1) is 0 Å². The summed E-state index contributed by atoms with van der Waals surface area (Å²) in [5.41, 5.74) is 0. The zero-order valence-electron chi connectivity index (χ0n) is 4.72. The number of nitrogens with zero attached hydrogens (tertiary/aromatic N) is 1. The second-order valence-corrected chi connectivity index (χ2v) is 2.82. The topological polar surface area (TPSA) is 3.24 Å². The largest absolute Gasteiger partial charge is 0.197 e. The van der Waals surface area contributed by atoms with Gasteiger partial charge in [0.25, 0.3) is 0 Å². The van der Waals surface area contributed by atoms with Crippen LogP contribution in [0, 0.1) is 0 Å². The van der Waals surface area contributed by atoms with Crippen LogP contribution in [0.3, 0.4) is 0 Å². The minimum absolute atomic E-state index is 1.06. The normalized spacial score (nSPS) is 10.3. The van der Waals surface area contributed by atoms with Gasteiger partial charge in [-0.2, -0.15) is 3.71 Å². The van der Waals surface area contributed by atoms with E-state index in [4.69, 9.17) is 0 Å². The van der Waals surface area contributed by atoms with Crippen molar-refractivity contribution in [3.63, 3.8) is 0 Å². The Morgan fingerprint density at radius 2 is 2.29 bits per heavy atom. The first-order chi connectivity index (χ1) is 3.31. The molecule has 0 rings (SSSR count). The molecule has 1 nitrogen and oxygen atoms in total. The van der Waals surface area contributed by atoms with E-state index in [1.165, 1.54) is 6.42 Å². The van der Waals surface area contributed by atoms with Gasteiger partial charge in [0.15, 0.2) is 0 Å². The molecule has 0 aromatic rings. The molecule has 0 aromatic carbocycles. The van der Waals surface area contributed by atoms with Crippen molar-refractivity contribution in [3.8, 4) is 0 Å². The summed E-state index contributed by atoms with van der Waals surface area (Å²) in [6.07, 6.45) is 3.19. The lowest BCUT2D eigenvalue weighted by atomic mass is 10.5. The van der Waals surface area contributed by atoms with Crippen molar-refractivity contribution in [3.05, 3.63) is 0 Å². The molecule has 0 N–H and O–H groups in total. The maximum Gasteiger partial charge on any atom is 0.0197 e. The van der Waals surface area contributed by atoms with Crippen LogP contribution in [0.15, 0.2) is 0 Å².